The Morgan fingerprint density at radius 2 is 1.89 bits per heavy atom. The van der Waals surface area contributed by atoms with Crippen molar-refractivity contribution in [3.05, 3.63) is 40.5 Å². The van der Waals surface area contributed by atoms with Crippen LogP contribution in [0.5, 0.6) is 0 Å². The van der Waals surface area contributed by atoms with Crippen molar-refractivity contribution in [2.75, 3.05) is 0 Å². The first-order chi connectivity index (χ1) is 8.41. The molecule has 0 unspecified atom stereocenters. The molecule has 0 spiro atoms. The number of hydrogen-bond donors (Lipinski definition) is 2. The van der Waals surface area contributed by atoms with Gasteiger partial charge in [-0.15, -0.1) is 0 Å². The molecule has 2 nitrogen and oxygen atoms in total. The van der Waals surface area contributed by atoms with Crippen LogP contribution in [0.15, 0.2) is 23.8 Å². The second kappa shape index (κ2) is 4.65. The Balaban J connectivity index is 2.47. The highest BCUT2D eigenvalue weighted by Gasteiger charge is 2.31. The lowest BCUT2D eigenvalue weighted by Crippen LogP contribution is -2.09. The van der Waals surface area contributed by atoms with E-state index in [0.29, 0.717) is 5.56 Å². The van der Waals surface area contributed by atoms with Crippen LogP contribution in [0.2, 0.25) is 0 Å². The standard InChI is InChI=1S/C13H14F3NO/c14-13(15,16)11-5-8(7-17)4-10(6-11)12(18)9-2-1-3-9/h4-6,18H,1-3,7,17H2. The van der Waals surface area contributed by atoms with Gasteiger partial charge in [0.2, 0.25) is 0 Å². The van der Waals surface area contributed by atoms with Gasteiger partial charge in [0.05, 0.1) is 5.56 Å². The summed E-state index contributed by atoms with van der Waals surface area (Å²) in [6.07, 6.45) is -1.95. The van der Waals surface area contributed by atoms with E-state index in [1.165, 1.54) is 6.07 Å². The molecular formula is C13H14F3NO. The van der Waals surface area contributed by atoms with E-state index >= 15 is 0 Å². The number of aliphatic hydroxyl groups excluding tert-OH is 1. The lowest BCUT2D eigenvalue weighted by Gasteiger charge is -2.19. The van der Waals surface area contributed by atoms with E-state index in [4.69, 9.17) is 5.73 Å². The van der Waals surface area contributed by atoms with Crippen molar-refractivity contribution in [1.82, 2.24) is 0 Å². The lowest BCUT2D eigenvalue weighted by molar-refractivity contribution is -0.137. The van der Waals surface area contributed by atoms with E-state index < -0.39 is 11.7 Å². The summed E-state index contributed by atoms with van der Waals surface area (Å²) in [6.45, 7) is 0.0134. The van der Waals surface area contributed by atoms with Crippen molar-refractivity contribution in [2.24, 2.45) is 5.73 Å². The summed E-state index contributed by atoms with van der Waals surface area (Å²) < 4.78 is 38.1. The molecule has 1 fully saturated rings. The summed E-state index contributed by atoms with van der Waals surface area (Å²) in [6, 6.07) is 3.50. The number of allylic oxidation sites excluding steroid dienone is 1. The minimum Gasteiger partial charge on any atom is -0.507 e. The van der Waals surface area contributed by atoms with Crippen LogP contribution in [-0.4, -0.2) is 5.11 Å². The van der Waals surface area contributed by atoms with E-state index in [1.54, 1.807) is 0 Å². The molecule has 0 radical (unpaired) electrons. The van der Waals surface area contributed by atoms with Crippen molar-refractivity contribution in [1.29, 1.82) is 0 Å². The second-order valence-electron chi connectivity index (χ2n) is 4.43. The Hall–Kier alpha value is -1.49. The monoisotopic (exact) mass is 257 g/mol. The zero-order chi connectivity index (χ0) is 13.3. The molecule has 2 rings (SSSR count). The fraction of sp³-hybridized carbons (Fsp3) is 0.385. The van der Waals surface area contributed by atoms with E-state index in [2.05, 4.69) is 0 Å². The first kappa shape index (κ1) is 13.0. The largest absolute Gasteiger partial charge is 0.507 e. The molecule has 1 aromatic rings. The van der Waals surface area contributed by atoms with Gasteiger partial charge in [-0.2, -0.15) is 13.2 Å². The highest BCUT2D eigenvalue weighted by molar-refractivity contribution is 5.64. The van der Waals surface area contributed by atoms with Crippen molar-refractivity contribution in [3.63, 3.8) is 0 Å². The molecular weight excluding hydrogens is 243 g/mol. The Morgan fingerprint density at radius 3 is 2.33 bits per heavy atom. The summed E-state index contributed by atoms with van der Waals surface area (Å²) in [4.78, 5) is 0. The molecule has 3 N–H and O–H groups in total. The fourth-order valence-corrected chi connectivity index (χ4v) is 1.90. The Kier molecular flexibility index (Phi) is 3.34. The number of aliphatic hydroxyl groups is 1. The van der Waals surface area contributed by atoms with Gasteiger partial charge in [0.15, 0.2) is 0 Å². The van der Waals surface area contributed by atoms with Gasteiger partial charge in [-0.25, -0.2) is 0 Å². The van der Waals surface area contributed by atoms with Crippen molar-refractivity contribution >= 4 is 5.76 Å². The highest BCUT2D eigenvalue weighted by atomic mass is 19.4. The van der Waals surface area contributed by atoms with Crippen LogP contribution in [0, 0.1) is 0 Å². The lowest BCUT2D eigenvalue weighted by atomic mass is 9.88. The van der Waals surface area contributed by atoms with Gasteiger partial charge in [-0.1, -0.05) is 0 Å². The van der Waals surface area contributed by atoms with Crippen LogP contribution < -0.4 is 5.73 Å². The van der Waals surface area contributed by atoms with Gasteiger partial charge < -0.3 is 10.8 Å². The van der Waals surface area contributed by atoms with Crippen LogP contribution in [0.1, 0.15) is 36.0 Å². The van der Waals surface area contributed by atoms with Crippen molar-refractivity contribution in [3.8, 4) is 0 Å². The Bertz CT molecular complexity index is 485. The van der Waals surface area contributed by atoms with Crippen LogP contribution >= 0.6 is 0 Å². The minimum absolute atomic E-state index is 0.0134. The van der Waals surface area contributed by atoms with Crippen LogP contribution in [0.4, 0.5) is 13.2 Å². The predicted octanol–water partition coefficient (Wildman–Crippen LogP) is 3.62. The Labute approximate surface area is 103 Å². The van der Waals surface area contributed by atoms with Gasteiger partial charge in [-0.3, -0.25) is 0 Å². The van der Waals surface area contributed by atoms with E-state index in [1.807, 2.05) is 0 Å². The van der Waals surface area contributed by atoms with E-state index in [-0.39, 0.29) is 17.9 Å². The average molecular weight is 257 g/mol. The first-order valence-electron chi connectivity index (χ1n) is 5.74. The average Bonchev–Trinajstić information content (AvgIpc) is 2.24. The predicted molar refractivity (Wildman–Crippen MR) is 62.7 cm³/mol. The van der Waals surface area contributed by atoms with E-state index in [0.717, 1.165) is 37.0 Å². The molecule has 18 heavy (non-hydrogen) atoms. The van der Waals surface area contributed by atoms with Gasteiger partial charge in [0, 0.05) is 12.1 Å². The number of halogens is 3. The molecule has 5 heteroatoms. The van der Waals surface area contributed by atoms with Crippen molar-refractivity contribution in [2.45, 2.75) is 32.0 Å². The maximum Gasteiger partial charge on any atom is 0.416 e. The maximum absolute atomic E-state index is 12.7. The first-order valence-corrected chi connectivity index (χ1v) is 5.74. The molecule has 0 saturated heterocycles. The molecule has 0 atom stereocenters. The SMILES string of the molecule is NCc1cc(C(O)=C2CCC2)cc(C(F)(F)F)c1. The molecule has 98 valence electrons. The van der Waals surface area contributed by atoms with E-state index in [9.17, 15) is 18.3 Å². The molecule has 1 aliphatic rings. The van der Waals surface area contributed by atoms with Crippen LogP contribution in [0.3, 0.4) is 0 Å². The topological polar surface area (TPSA) is 46.2 Å². The number of alkyl halides is 3. The van der Waals surface area contributed by atoms with Gasteiger partial charge >= 0.3 is 6.18 Å². The number of nitrogens with two attached hydrogens (primary N) is 1. The molecule has 0 aromatic heterocycles. The maximum atomic E-state index is 12.7. The van der Waals surface area contributed by atoms with Crippen LogP contribution in [0.25, 0.3) is 5.76 Å². The summed E-state index contributed by atoms with van der Waals surface area (Å²) in [5, 5.41) is 9.92. The molecule has 0 amide bonds. The summed E-state index contributed by atoms with van der Waals surface area (Å²) in [5.41, 5.74) is 6.01. The molecule has 1 aliphatic carbocycles. The number of hydrogen-bond acceptors (Lipinski definition) is 2. The Morgan fingerprint density at radius 1 is 1.22 bits per heavy atom. The van der Waals surface area contributed by atoms with Gasteiger partial charge in [0.1, 0.15) is 5.76 Å². The third-order valence-electron chi connectivity index (χ3n) is 3.12. The van der Waals surface area contributed by atoms with Crippen molar-refractivity contribution < 1.29 is 18.3 Å². The fourth-order valence-electron chi connectivity index (χ4n) is 1.90. The zero-order valence-corrected chi connectivity index (χ0v) is 9.72. The number of benzene rings is 1. The summed E-state index contributed by atoms with van der Waals surface area (Å²) in [5.74, 6) is -0.0259. The quantitative estimate of drug-likeness (QED) is 0.795. The molecule has 0 bridgehead atoms. The smallest absolute Gasteiger partial charge is 0.416 e. The third-order valence-corrected chi connectivity index (χ3v) is 3.12. The normalized spacial score (nSPS) is 15.4. The molecule has 0 aliphatic heterocycles. The molecule has 1 saturated carbocycles. The van der Waals surface area contributed by atoms with Gasteiger partial charge in [0.25, 0.3) is 0 Å². The van der Waals surface area contributed by atoms with Gasteiger partial charge in [-0.05, 0) is 48.6 Å². The minimum atomic E-state index is -4.43. The number of rotatable bonds is 2. The molecule has 0 heterocycles. The summed E-state index contributed by atoms with van der Waals surface area (Å²) >= 11 is 0. The highest BCUT2D eigenvalue weighted by Crippen LogP contribution is 2.35. The summed E-state index contributed by atoms with van der Waals surface area (Å²) in [7, 11) is 0. The van der Waals surface area contributed by atoms with Crippen LogP contribution in [-0.2, 0) is 12.7 Å². The second-order valence-corrected chi connectivity index (χ2v) is 4.43. The molecule has 1 aromatic carbocycles. The third kappa shape index (κ3) is 2.51. The zero-order valence-electron chi connectivity index (χ0n) is 9.72.